The Labute approximate surface area is 183 Å². The van der Waals surface area contributed by atoms with E-state index in [1.807, 2.05) is 0 Å². The third kappa shape index (κ3) is 6.16. The fraction of sp³-hybridized carbons (Fsp3) is 0.227. The van der Waals surface area contributed by atoms with Gasteiger partial charge in [-0.3, -0.25) is 19.3 Å². The van der Waals surface area contributed by atoms with Crippen LogP contribution in [0.4, 0.5) is 9.18 Å². The molecular formula is C22H21FN2O5S. The highest BCUT2D eigenvalue weighted by atomic mass is 32.2. The van der Waals surface area contributed by atoms with Crippen molar-refractivity contribution in [2.75, 3.05) is 26.8 Å². The maximum absolute atomic E-state index is 13.1. The van der Waals surface area contributed by atoms with Gasteiger partial charge < -0.3 is 14.8 Å². The van der Waals surface area contributed by atoms with Crippen LogP contribution in [0.5, 0.6) is 5.75 Å². The Hall–Kier alpha value is -3.17. The summed E-state index contributed by atoms with van der Waals surface area (Å²) in [5.74, 6) is -0.794. The van der Waals surface area contributed by atoms with Crippen LogP contribution < -0.4 is 10.1 Å². The van der Waals surface area contributed by atoms with Crippen molar-refractivity contribution in [3.8, 4) is 5.75 Å². The van der Waals surface area contributed by atoms with E-state index >= 15 is 0 Å². The molecule has 0 aliphatic carbocycles. The van der Waals surface area contributed by atoms with Crippen molar-refractivity contribution in [2.45, 2.75) is 6.61 Å². The minimum Gasteiger partial charge on any atom is -0.488 e. The van der Waals surface area contributed by atoms with Gasteiger partial charge in [0.2, 0.25) is 5.91 Å². The van der Waals surface area contributed by atoms with Crippen molar-refractivity contribution in [3.05, 3.63) is 70.4 Å². The Morgan fingerprint density at radius 3 is 2.65 bits per heavy atom. The molecule has 0 aromatic heterocycles. The number of ether oxygens (including phenoxy) is 2. The number of methoxy groups -OCH3 is 1. The van der Waals surface area contributed by atoms with Crippen LogP contribution in [-0.4, -0.2) is 48.8 Å². The zero-order chi connectivity index (χ0) is 22.2. The molecule has 2 aromatic rings. The number of imide groups is 1. The molecule has 0 atom stereocenters. The first kappa shape index (κ1) is 22.5. The molecule has 0 spiro atoms. The summed E-state index contributed by atoms with van der Waals surface area (Å²) >= 11 is 0.768. The van der Waals surface area contributed by atoms with E-state index in [1.165, 1.54) is 19.2 Å². The van der Waals surface area contributed by atoms with Crippen molar-refractivity contribution in [3.63, 3.8) is 0 Å². The number of hydrogen-bond donors (Lipinski definition) is 1. The standard InChI is InChI=1S/C22H21FN2O5S/c1-29-11-10-24-20(26)13-25-21(27)19(31-22(25)28)12-16-4-2-3-5-18(16)30-14-15-6-8-17(23)9-7-15/h2-9,12H,10-11,13-14H2,1H3,(H,24,26)/b19-12-. The van der Waals surface area contributed by atoms with Gasteiger partial charge in [-0.05, 0) is 41.6 Å². The molecule has 0 radical (unpaired) electrons. The lowest BCUT2D eigenvalue weighted by atomic mass is 10.1. The summed E-state index contributed by atoms with van der Waals surface area (Å²) in [6.07, 6.45) is 1.56. The number of nitrogens with zero attached hydrogens (tertiary/aromatic N) is 1. The number of benzene rings is 2. The molecule has 1 aliphatic heterocycles. The van der Waals surface area contributed by atoms with Crippen molar-refractivity contribution >= 4 is 34.9 Å². The highest BCUT2D eigenvalue weighted by Gasteiger charge is 2.36. The van der Waals surface area contributed by atoms with E-state index in [4.69, 9.17) is 9.47 Å². The predicted octanol–water partition coefficient (Wildman–Crippen LogP) is 3.20. The van der Waals surface area contributed by atoms with Crippen molar-refractivity contribution < 1.29 is 28.2 Å². The zero-order valence-corrected chi connectivity index (χ0v) is 17.6. The van der Waals surface area contributed by atoms with Crippen LogP contribution in [-0.2, 0) is 20.9 Å². The monoisotopic (exact) mass is 444 g/mol. The topological polar surface area (TPSA) is 84.9 Å². The lowest BCUT2D eigenvalue weighted by Crippen LogP contribution is -2.40. The minimum atomic E-state index is -0.537. The predicted molar refractivity (Wildman–Crippen MR) is 115 cm³/mol. The van der Waals surface area contributed by atoms with Gasteiger partial charge >= 0.3 is 0 Å². The molecule has 0 unspecified atom stereocenters. The SMILES string of the molecule is COCCNC(=O)CN1C(=O)S/C(=C\c2ccccc2OCc2ccc(F)cc2)C1=O. The van der Waals surface area contributed by atoms with Crippen LogP contribution in [0.3, 0.4) is 0 Å². The van der Waals surface area contributed by atoms with Crippen LogP contribution >= 0.6 is 11.8 Å². The second-order valence-electron chi connectivity index (χ2n) is 6.56. The molecule has 9 heteroatoms. The third-order valence-corrected chi connectivity index (χ3v) is 5.22. The summed E-state index contributed by atoms with van der Waals surface area (Å²) in [6, 6.07) is 13.0. The van der Waals surface area contributed by atoms with Crippen LogP contribution in [0.1, 0.15) is 11.1 Å². The molecule has 162 valence electrons. The van der Waals surface area contributed by atoms with E-state index in [2.05, 4.69) is 5.32 Å². The Kier molecular flexibility index (Phi) is 7.80. The molecule has 1 N–H and O–H groups in total. The van der Waals surface area contributed by atoms with Gasteiger partial charge in [-0.1, -0.05) is 30.3 Å². The summed E-state index contributed by atoms with van der Waals surface area (Å²) in [5.41, 5.74) is 1.40. The number of amides is 3. The number of rotatable bonds is 9. The highest BCUT2D eigenvalue weighted by Crippen LogP contribution is 2.34. The van der Waals surface area contributed by atoms with Gasteiger partial charge in [-0.15, -0.1) is 0 Å². The van der Waals surface area contributed by atoms with Crippen LogP contribution in [0.25, 0.3) is 6.08 Å². The average molecular weight is 444 g/mol. The number of carbonyl (C=O) groups is 3. The van der Waals surface area contributed by atoms with E-state index in [1.54, 1.807) is 42.5 Å². The van der Waals surface area contributed by atoms with Gasteiger partial charge in [-0.2, -0.15) is 0 Å². The van der Waals surface area contributed by atoms with Crippen molar-refractivity contribution in [1.82, 2.24) is 10.2 Å². The summed E-state index contributed by atoms with van der Waals surface area (Å²) in [5, 5.41) is 2.07. The molecule has 1 heterocycles. The molecule has 1 saturated heterocycles. The first-order valence-electron chi connectivity index (χ1n) is 9.45. The van der Waals surface area contributed by atoms with Gasteiger partial charge in [0.15, 0.2) is 0 Å². The van der Waals surface area contributed by atoms with Crippen molar-refractivity contribution in [2.24, 2.45) is 0 Å². The molecule has 3 amide bonds. The van der Waals surface area contributed by atoms with E-state index in [0.717, 1.165) is 22.2 Å². The molecule has 1 fully saturated rings. The maximum atomic E-state index is 13.1. The van der Waals surface area contributed by atoms with Gasteiger partial charge in [0.05, 0.1) is 11.5 Å². The fourth-order valence-corrected chi connectivity index (χ4v) is 3.57. The summed E-state index contributed by atoms with van der Waals surface area (Å²) in [4.78, 5) is 37.9. The summed E-state index contributed by atoms with van der Waals surface area (Å²) < 4.78 is 23.7. The number of carbonyl (C=O) groups excluding carboxylic acids is 3. The number of nitrogens with one attached hydrogen (secondary N) is 1. The largest absolute Gasteiger partial charge is 0.488 e. The molecule has 0 bridgehead atoms. The van der Waals surface area contributed by atoms with Gasteiger partial charge in [-0.25, -0.2) is 4.39 Å². The van der Waals surface area contributed by atoms with Gasteiger partial charge in [0.25, 0.3) is 11.1 Å². The summed E-state index contributed by atoms with van der Waals surface area (Å²) in [6.45, 7) is 0.491. The van der Waals surface area contributed by atoms with Crippen LogP contribution in [0.2, 0.25) is 0 Å². The zero-order valence-electron chi connectivity index (χ0n) is 16.8. The number of hydrogen-bond acceptors (Lipinski definition) is 6. The van der Waals surface area contributed by atoms with E-state index in [-0.39, 0.29) is 23.9 Å². The third-order valence-electron chi connectivity index (χ3n) is 4.32. The maximum Gasteiger partial charge on any atom is 0.294 e. The highest BCUT2D eigenvalue weighted by molar-refractivity contribution is 8.18. The second kappa shape index (κ2) is 10.7. The average Bonchev–Trinajstić information content (AvgIpc) is 3.02. The van der Waals surface area contributed by atoms with Crippen LogP contribution in [0.15, 0.2) is 53.4 Å². The van der Waals surface area contributed by atoms with Gasteiger partial charge in [0, 0.05) is 19.2 Å². The van der Waals surface area contributed by atoms with E-state index in [0.29, 0.717) is 24.5 Å². The number of thioether (sulfide) groups is 1. The molecule has 0 saturated carbocycles. The minimum absolute atomic E-state index is 0.201. The molecule has 2 aromatic carbocycles. The number of para-hydroxylation sites is 1. The Morgan fingerprint density at radius 2 is 1.90 bits per heavy atom. The lowest BCUT2D eigenvalue weighted by molar-refractivity contribution is -0.129. The molecule has 7 nitrogen and oxygen atoms in total. The lowest BCUT2D eigenvalue weighted by Gasteiger charge is -2.12. The number of halogens is 1. The summed E-state index contributed by atoms with van der Waals surface area (Å²) in [7, 11) is 1.51. The van der Waals surface area contributed by atoms with Gasteiger partial charge in [0.1, 0.15) is 24.7 Å². The fourth-order valence-electron chi connectivity index (χ4n) is 2.74. The van der Waals surface area contributed by atoms with E-state index < -0.39 is 17.1 Å². The molecule has 3 rings (SSSR count). The Bertz CT molecular complexity index is 994. The smallest absolute Gasteiger partial charge is 0.294 e. The molecule has 1 aliphatic rings. The quantitative estimate of drug-likeness (QED) is 0.472. The van der Waals surface area contributed by atoms with E-state index in [9.17, 15) is 18.8 Å². The molecular weight excluding hydrogens is 423 g/mol. The Morgan fingerprint density at radius 1 is 1.16 bits per heavy atom. The normalized spacial score (nSPS) is 14.9. The van der Waals surface area contributed by atoms with Crippen molar-refractivity contribution in [1.29, 1.82) is 0 Å². The first-order chi connectivity index (χ1) is 15.0. The Balaban J connectivity index is 1.68. The molecule has 31 heavy (non-hydrogen) atoms. The second-order valence-corrected chi connectivity index (χ2v) is 7.56. The van der Waals surface area contributed by atoms with Crippen LogP contribution in [0, 0.1) is 5.82 Å². The first-order valence-corrected chi connectivity index (χ1v) is 10.3.